The van der Waals surface area contributed by atoms with Crippen molar-refractivity contribution in [1.82, 2.24) is 5.32 Å². The number of phenols is 2. The van der Waals surface area contributed by atoms with Gasteiger partial charge in [-0.2, -0.15) is 0 Å². The van der Waals surface area contributed by atoms with E-state index in [0.29, 0.717) is 0 Å². The maximum Gasteiger partial charge on any atom is 0.341 e. The number of nitrogens with one attached hydrogen (secondary N) is 1. The summed E-state index contributed by atoms with van der Waals surface area (Å²) in [5.74, 6) is -7.67. The number of aliphatic hydroxyl groups excluding tert-OH is 2. The second kappa shape index (κ2) is 12.1. The zero-order valence-electron chi connectivity index (χ0n) is 27.7. The Morgan fingerprint density at radius 1 is 0.940 bits per heavy atom. The number of aryl methyl sites for hydroxylation is 1. The molecule has 4 aliphatic rings. The van der Waals surface area contributed by atoms with Gasteiger partial charge in [0.25, 0.3) is 0 Å². The molecule has 8 atom stereocenters. The van der Waals surface area contributed by atoms with Crippen LogP contribution in [0.15, 0.2) is 23.9 Å². The van der Waals surface area contributed by atoms with Crippen LogP contribution in [0.3, 0.4) is 0 Å². The lowest BCUT2D eigenvalue weighted by atomic mass is 9.56. The van der Waals surface area contributed by atoms with Crippen LogP contribution in [0.25, 0.3) is 0 Å². The molecule has 1 heterocycles. The molecule has 2 aromatic rings. The molecular formula is C34H35NO15. The van der Waals surface area contributed by atoms with Crippen LogP contribution in [0.4, 0.5) is 0 Å². The lowest BCUT2D eigenvalue weighted by Gasteiger charge is -2.52. The summed E-state index contributed by atoms with van der Waals surface area (Å²) in [5, 5.41) is 60.3. The summed E-state index contributed by atoms with van der Waals surface area (Å²) < 4.78 is 26.8. The number of benzene rings is 2. The number of ketones is 4. The van der Waals surface area contributed by atoms with Crippen molar-refractivity contribution in [1.29, 1.82) is 0 Å². The zero-order valence-corrected chi connectivity index (χ0v) is 27.7. The number of fused-ring (bicyclic) bond motifs is 5. The summed E-state index contributed by atoms with van der Waals surface area (Å²) >= 11 is 0. The molecule has 1 fully saturated rings. The Bertz CT molecular complexity index is 1920. The van der Waals surface area contributed by atoms with E-state index in [0.717, 1.165) is 26.4 Å². The fourth-order valence-electron chi connectivity index (χ4n) is 7.85. The van der Waals surface area contributed by atoms with E-state index in [1.54, 1.807) is 6.92 Å². The van der Waals surface area contributed by atoms with Crippen molar-refractivity contribution in [2.75, 3.05) is 28.4 Å². The number of carbonyl (C=O) groups excluding carboxylic acids is 5. The molecule has 8 unspecified atom stereocenters. The highest BCUT2D eigenvalue weighted by Gasteiger charge is 2.72. The third kappa shape index (κ3) is 4.40. The Morgan fingerprint density at radius 3 is 2.20 bits per heavy atom. The first-order valence-corrected chi connectivity index (χ1v) is 15.4. The van der Waals surface area contributed by atoms with Crippen LogP contribution in [0, 0.1) is 6.92 Å². The molecule has 50 heavy (non-hydrogen) atoms. The fourth-order valence-corrected chi connectivity index (χ4v) is 7.85. The van der Waals surface area contributed by atoms with Crippen molar-refractivity contribution < 1.29 is 73.2 Å². The Balaban J connectivity index is 1.51. The van der Waals surface area contributed by atoms with E-state index >= 15 is 0 Å². The monoisotopic (exact) mass is 697 g/mol. The minimum Gasteiger partial charge on any atom is -0.507 e. The quantitative estimate of drug-likeness (QED) is 0.213. The minimum atomic E-state index is -3.23. The fraction of sp³-hybridized carbons (Fsp3) is 0.441. The van der Waals surface area contributed by atoms with Gasteiger partial charge in [0.1, 0.15) is 35.4 Å². The van der Waals surface area contributed by atoms with Crippen LogP contribution in [0.2, 0.25) is 0 Å². The molecule has 1 aliphatic heterocycles. The number of aliphatic hydroxyl groups is 3. The molecular weight excluding hydrogens is 662 g/mol. The van der Waals surface area contributed by atoms with Crippen molar-refractivity contribution in [2.45, 2.75) is 68.2 Å². The van der Waals surface area contributed by atoms with E-state index in [4.69, 9.17) is 23.7 Å². The summed E-state index contributed by atoms with van der Waals surface area (Å²) in [6, 6.07) is 2.18. The van der Waals surface area contributed by atoms with Gasteiger partial charge in [0, 0.05) is 50.5 Å². The van der Waals surface area contributed by atoms with Gasteiger partial charge in [0.15, 0.2) is 23.2 Å². The van der Waals surface area contributed by atoms with E-state index in [9.17, 15) is 49.5 Å². The van der Waals surface area contributed by atoms with Gasteiger partial charge in [-0.3, -0.25) is 19.2 Å². The summed E-state index contributed by atoms with van der Waals surface area (Å²) in [6.07, 6.45) is -6.55. The topological polar surface area (TPSA) is 245 Å². The maximum atomic E-state index is 14.6. The smallest absolute Gasteiger partial charge is 0.341 e. The third-order valence-corrected chi connectivity index (χ3v) is 10.2. The average molecular weight is 698 g/mol. The van der Waals surface area contributed by atoms with Crippen LogP contribution in [0.1, 0.15) is 75.4 Å². The number of carbonyl (C=O) groups is 5. The van der Waals surface area contributed by atoms with E-state index in [1.807, 2.05) is 0 Å². The second-order valence-corrected chi connectivity index (χ2v) is 12.6. The van der Waals surface area contributed by atoms with E-state index in [-0.39, 0.29) is 16.8 Å². The van der Waals surface area contributed by atoms with Gasteiger partial charge < -0.3 is 54.5 Å². The molecule has 0 aromatic heterocycles. The van der Waals surface area contributed by atoms with Gasteiger partial charge >= 0.3 is 5.97 Å². The number of hydrogen-bond donors (Lipinski definition) is 6. The molecule has 0 radical (unpaired) electrons. The van der Waals surface area contributed by atoms with Gasteiger partial charge in [0.05, 0.1) is 36.1 Å². The molecule has 0 spiro atoms. The lowest BCUT2D eigenvalue weighted by Crippen LogP contribution is -2.73. The maximum absolute atomic E-state index is 14.6. The summed E-state index contributed by atoms with van der Waals surface area (Å²) in [5.41, 5.74) is -10.1. The van der Waals surface area contributed by atoms with Crippen LogP contribution in [-0.4, -0.2) is 125 Å². The first kappa shape index (κ1) is 35.3. The Hall–Kier alpha value is -4.55. The Morgan fingerprint density at radius 2 is 1.60 bits per heavy atom. The lowest BCUT2D eigenvalue weighted by molar-refractivity contribution is -0.236. The Labute approximate surface area is 284 Å². The van der Waals surface area contributed by atoms with Crippen LogP contribution in [0.5, 0.6) is 11.5 Å². The molecule has 2 aromatic carbocycles. The summed E-state index contributed by atoms with van der Waals surface area (Å²) in [6.45, 7) is 3.06. The van der Waals surface area contributed by atoms with Crippen molar-refractivity contribution in [3.05, 3.63) is 68.4 Å². The van der Waals surface area contributed by atoms with Crippen molar-refractivity contribution in [2.24, 2.45) is 0 Å². The highest BCUT2D eigenvalue weighted by atomic mass is 16.6. The standard InChI is InChI=1S/C34H35NO15/c1-11-7-13-8-18(37)34(49-6)30(43)21-15(29(42)33(34,45)22(13)25(40)19(11)32(44)48-5)9-14-20(24(21)39)17(36)10-16(23(14)38)35-31-28(47-4)26(41)27(46-3)12(2)50-31/h7,9-10,12,18,26-28,31,35,37,39-41,45H,8H2,1-6H3. The molecule has 1 saturated heterocycles. The number of ether oxygens (including phenoxy) is 5. The number of Topliss-reactive ketones (excluding diaryl/α,β-unsaturated/α-hetero) is 3. The molecule has 0 bridgehead atoms. The van der Waals surface area contributed by atoms with Crippen molar-refractivity contribution in [3.8, 4) is 11.5 Å². The molecule has 0 amide bonds. The van der Waals surface area contributed by atoms with E-state index in [1.165, 1.54) is 27.2 Å². The number of esters is 1. The normalized spacial score (nSPS) is 31.7. The van der Waals surface area contributed by atoms with Crippen LogP contribution in [-0.2, 0) is 35.7 Å². The number of allylic oxidation sites excluding steroid dienone is 2. The molecule has 6 N–H and O–H groups in total. The predicted molar refractivity (Wildman–Crippen MR) is 166 cm³/mol. The van der Waals surface area contributed by atoms with Gasteiger partial charge in [-0.1, -0.05) is 6.07 Å². The highest BCUT2D eigenvalue weighted by Crippen LogP contribution is 2.56. The summed E-state index contributed by atoms with van der Waals surface area (Å²) in [7, 11) is 4.62. The molecule has 3 aliphatic carbocycles. The second-order valence-electron chi connectivity index (χ2n) is 12.6. The zero-order chi connectivity index (χ0) is 36.8. The number of rotatable bonds is 6. The third-order valence-electron chi connectivity index (χ3n) is 10.2. The number of aromatic hydroxyl groups is 2. The average Bonchev–Trinajstić information content (AvgIpc) is 3.05. The van der Waals surface area contributed by atoms with E-state index < -0.39 is 128 Å². The summed E-state index contributed by atoms with van der Waals surface area (Å²) in [4.78, 5) is 69.1. The number of phenolic OH excluding ortho intramolecular Hbond substituents is 2. The van der Waals surface area contributed by atoms with Crippen LogP contribution >= 0.6 is 0 Å². The molecule has 0 saturated carbocycles. The van der Waals surface area contributed by atoms with E-state index in [2.05, 4.69) is 5.32 Å². The Kier molecular flexibility index (Phi) is 8.50. The van der Waals surface area contributed by atoms with Crippen molar-refractivity contribution in [3.63, 3.8) is 0 Å². The molecule has 16 nitrogen and oxygen atoms in total. The largest absolute Gasteiger partial charge is 0.507 e. The van der Waals surface area contributed by atoms with Gasteiger partial charge in [-0.25, -0.2) is 4.79 Å². The van der Waals surface area contributed by atoms with Gasteiger partial charge in [-0.15, -0.1) is 0 Å². The number of methoxy groups -OCH3 is 4. The number of hydrogen-bond acceptors (Lipinski definition) is 16. The van der Waals surface area contributed by atoms with Crippen LogP contribution < -0.4 is 5.32 Å². The van der Waals surface area contributed by atoms with Gasteiger partial charge in [0.2, 0.25) is 17.3 Å². The molecule has 266 valence electrons. The first-order chi connectivity index (χ1) is 23.6. The minimum absolute atomic E-state index is 0.00455. The van der Waals surface area contributed by atoms with Gasteiger partial charge in [-0.05, 0) is 31.0 Å². The predicted octanol–water partition coefficient (Wildman–Crippen LogP) is -0.250. The molecule has 16 heteroatoms. The molecule has 6 rings (SSSR count). The van der Waals surface area contributed by atoms with Crippen molar-refractivity contribution >= 4 is 29.1 Å². The highest BCUT2D eigenvalue weighted by molar-refractivity contribution is 6.31. The first-order valence-electron chi connectivity index (χ1n) is 15.4. The SMILES string of the molecule is COC(=O)c1c(C)cc2c(c1O)C1(O)C(=O)c3cc4c(c(O)c3C(=O)C1(OC)C(O)C2)C(=O)C=C(NC1OC(C)C(OC)C(O)C1OC)C4=O.